The topological polar surface area (TPSA) is 12.4 Å². The monoisotopic (exact) mass is 129 g/mol. The maximum absolute atomic E-state index is 4.39. The number of rotatable bonds is 1. The number of hydrogen-bond donors (Lipinski definition) is 0. The summed E-state index contributed by atoms with van der Waals surface area (Å²) >= 11 is 1.90. The lowest BCUT2D eigenvalue weighted by Crippen LogP contribution is -1.92. The van der Waals surface area contributed by atoms with Crippen molar-refractivity contribution in [3.05, 3.63) is 0 Å². The summed E-state index contributed by atoms with van der Waals surface area (Å²) in [5.41, 5.74) is 0. The average molecular weight is 129 g/mol. The van der Waals surface area contributed by atoms with Gasteiger partial charge in [0.1, 0.15) is 0 Å². The van der Waals surface area contributed by atoms with E-state index in [1.165, 1.54) is 10.8 Å². The smallest absolute Gasteiger partial charge is 0.0677 e. The number of hydrogen-bond acceptors (Lipinski definition) is 2. The first-order chi connectivity index (χ1) is 3.83. The maximum atomic E-state index is 4.39. The zero-order valence-corrected chi connectivity index (χ0v) is 6.16. The molecule has 0 spiro atoms. The lowest BCUT2D eigenvalue weighted by atomic mass is 10.4. The SMILES string of the molecule is CCC1=NC(C)CS1. The van der Waals surface area contributed by atoms with Crippen LogP contribution >= 0.6 is 11.8 Å². The van der Waals surface area contributed by atoms with Gasteiger partial charge in [0.25, 0.3) is 0 Å². The van der Waals surface area contributed by atoms with Crippen molar-refractivity contribution in [1.29, 1.82) is 0 Å². The van der Waals surface area contributed by atoms with E-state index >= 15 is 0 Å². The Morgan fingerprint density at radius 3 is 2.88 bits per heavy atom. The van der Waals surface area contributed by atoms with Crippen molar-refractivity contribution < 1.29 is 0 Å². The van der Waals surface area contributed by atoms with Crippen LogP contribution in [0.4, 0.5) is 0 Å². The lowest BCUT2D eigenvalue weighted by Gasteiger charge is -1.87. The van der Waals surface area contributed by atoms with Gasteiger partial charge in [-0.3, -0.25) is 4.99 Å². The Hall–Kier alpha value is 0.0200. The van der Waals surface area contributed by atoms with Crippen LogP contribution < -0.4 is 0 Å². The van der Waals surface area contributed by atoms with E-state index < -0.39 is 0 Å². The molecule has 1 heterocycles. The van der Waals surface area contributed by atoms with E-state index in [1.54, 1.807) is 0 Å². The summed E-state index contributed by atoms with van der Waals surface area (Å²) in [4.78, 5) is 4.39. The maximum Gasteiger partial charge on any atom is 0.0677 e. The third-order valence-corrected chi connectivity index (χ3v) is 2.53. The number of aliphatic imine (C=N–C) groups is 1. The van der Waals surface area contributed by atoms with Gasteiger partial charge >= 0.3 is 0 Å². The van der Waals surface area contributed by atoms with Gasteiger partial charge in [0, 0.05) is 5.75 Å². The molecule has 1 unspecified atom stereocenters. The largest absolute Gasteiger partial charge is 0.279 e. The molecular weight excluding hydrogens is 118 g/mol. The highest BCUT2D eigenvalue weighted by Crippen LogP contribution is 2.18. The third-order valence-electron chi connectivity index (χ3n) is 1.16. The highest BCUT2D eigenvalue weighted by Gasteiger charge is 2.10. The molecule has 8 heavy (non-hydrogen) atoms. The van der Waals surface area contributed by atoms with Crippen molar-refractivity contribution in [3.8, 4) is 0 Å². The van der Waals surface area contributed by atoms with Gasteiger partial charge in [0.2, 0.25) is 0 Å². The summed E-state index contributed by atoms with van der Waals surface area (Å²) in [7, 11) is 0. The van der Waals surface area contributed by atoms with Crippen molar-refractivity contribution in [1.82, 2.24) is 0 Å². The molecule has 0 fully saturated rings. The third kappa shape index (κ3) is 1.25. The van der Waals surface area contributed by atoms with Gasteiger partial charge in [-0.2, -0.15) is 0 Å². The van der Waals surface area contributed by atoms with Crippen LogP contribution in [0.25, 0.3) is 0 Å². The van der Waals surface area contributed by atoms with E-state index in [2.05, 4.69) is 18.8 Å². The molecule has 1 aliphatic rings. The van der Waals surface area contributed by atoms with Crippen LogP contribution in [-0.4, -0.2) is 16.8 Å². The highest BCUT2D eigenvalue weighted by atomic mass is 32.2. The van der Waals surface area contributed by atoms with Crippen molar-refractivity contribution in [2.24, 2.45) is 4.99 Å². The average Bonchev–Trinajstić information content (AvgIpc) is 2.14. The molecule has 0 bridgehead atoms. The summed E-state index contributed by atoms with van der Waals surface area (Å²) in [6, 6.07) is 0.579. The van der Waals surface area contributed by atoms with Gasteiger partial charge in [-0.1, -0.05) is 6.92 Å². The summed E-state index contributed by atoms with van der Waals surface area (Å²) < 4.78 is 0. The fourth-order valence-corrected chi connectivity index (χ4v) is 1.70. The van der Waals surface area contributed by atoms with Crippen molar-refractivity contribution >= 4 is 16.8 Å². The van der Waals surface area contributed by atoms with Gasteiger partial charge in [-0.05, 0) is 13.3 Å². The summed E-state index contributed by atoms with van der Waals surface area (Å²) in [5, 5.41) is 1.33. The Morgan fingerprint density at radius 2 is 2.62 bits per heavy atom. The molecule has 1 atom stereocenters. The van der Waals surface area contributed by atoms with Crippen LogP contribution in [0.2, 0.25) is 0 Å². The standard InChI is InChI=1S/C6H11NS/c1-3-6-7-5(2)4-8-6/h5H,3-4H2,1-2H3. The second kappa shape index (κ2) is 2.53. The molecule has 2 heteroatoms. The van der Waals surface area contributed by atoms with Crippen molar-refractivity contribution in [2.75, 3.05) is 5.75 Å². The van der Waals surface area contributed by atoms with Crippen LogP contribution in [-0.2, 0) is 0 Å². The fourth-order valence-electron chi connectivity index (χ4n) is 0.730. The fraction of sp³-hybridized carbons (Fsp3) is 0.833. The second-order valence-corrected chi connectivity index (χ2v) is 3.13. The molecular formula is C6H11NS. The quantitative estimate of drug-likeness (QED) is 0.527. The summed E-state index contributed by atoms with van der Waals surface area (Å²) in [5.74, 6) is 1.20. The normalized spacial score (nSPS) is 28.2. The Bertz CT molecular complexity index is 109. The molecule has 0 saturated heterocycles. The molecule has 1 nitrogen and oxygen atoms in total. The lowest BCUT2D eigenvalue weighted by molar-refractivity contribution is 0.862. The summed E-state index contributed by atoms with van der Waals surface area (Å²) in [6.45, 7) is 4.32. The van der Waals surface area contributed by atoms with E-state index in [0.717, 1.165) is 6.42 Å². The zero-order valence-electron chi connectivity index (χ0n) is 5.35. The van der Waals surface area contributed by atoms with Gasteiger partial charge in [0.15, 0.2) is 0 Å². The number of nitrogens with zero attached hydrogens (tertiary/aromatic N) is 1. The van der Waals surface area contributed by atoms with Gasteiger partial charge < -0.3 is 0 Å². The molecule has 1 aliphatic heterocycles. The van der Waals surface area contributed by atoms with Gasteiger partial charge in [-0.25, -0.2) is 0 Å². The van der Waals surface area contributed by atoms with Crippen LogP contribution in [0.3, 0.4) is 0 Å². The second-order valence-electron chi connectivity index (χ2n) is 2.04. The Labute approximate surface area is 54.6 Å². The molecule has 0 amide bonds. The Morgan fingerprint density at radius 1 is 1.88 bits per heavy atom. The van der Waals surface area contributed by atoms with E-state index in [0.29, 0.717) is 6.04 Å². The summed E-state index contributed by atoms with van der Waals surface area (Å²) in [6.07, 6.45) is 1.12. The van der Waals surface area contributed by atoms with E-state index in [-0.39, 0.29) is 0 Å². The van der Waals surface area contributed by atoms with Crippen molar-refractivity contribution in [2.45, 2.75) is 26.3 Å². The first-order valence-electron chi connectivity index (χ1n) is 3.02. The first kappa shape index (κ1) is 6.14. The van der Waals surface area contributed by atoms with Crippen LogP contribution in [0.1, 0.15) is 20.3 Å². The molecule has 1 rings (SSSR count). The molecule has 46 valence electrons. The minimum Gasteiger partial charge on any atom is -0.279 e. The highest BCUT2D eigenvalue weighted by molar-refractivity contribution is 8.14. The minimum absolute atomic E-state index is 0.579. The zero-order chi connectivity index (χ0) is 5.98. The molecule has 0 aromatic rings. The molecule has 0 aromatic heterocycles. The van der Waals surface area contributed by atoms with E-state index in [4.69, 9.17) is 0 Å². The van der Waals surface area contributed by atoms with Gasteiger partial charge in [0.05, 0.1) is 11.1 Å². The van der Waals surface area contributed by atoms with E-state index in [9.17, 15) is 0 Å². The van der Waals surface area contributed by atoms with E-state index in [1.807, 2.05) is 11.8 Å². The molecule has 0 radical (unpaired) electrons. The minimum atomic E-state index is 0.579. The molecule has 0 N–H and O–H groups in total. The molecule has 0 aromatic carbocycles. The number of thioether (sulfide) groups is 1. The predicted octanol–water partition coefficient (Wildman–Crippen LogP) is 1.93. The van der Waals surface area contributed by atoms with Crippen molar-refractivity contribution in [3.63, 3.8) is 0 Å². The van der Waals surface area contributed by atoms with Crippen LogP contribution in [0.5, 0.6) is 0 Å². The van der Waals surface area contributed by atoms with Crippen LogP contribution in [0, 0.1) is 0 Å². The van der Waals surface area contributed by atoms with Gasteiger partial charge in [-0.15, -0.1) is 11.8 Å². The first-order valence-corrected chi connectivity index (χ1v) is 4.01. The molecule has 0 aliphatic carbocycles. The Kier molecular flexibility index (Phi) is 1.95. The van der Waals surface area contributed by atoms with Crippen LogP contribution in [0.15, 0.2) is 4.99 Å². The molecule has 0 saturated carbocycles. The predicted molar refractivity (Wildman–Crippen MR) is 39.6 cm³/mol. The Balaban J connectivity index is 2.44.